The van der Waals surface area contributed by atoms with Crippen LogP contribution in [0.4, 0.5) is 5.69 Å². The number of rotatable bonds is 4. The highest BCUT2D eigenvalue weighted by Gasteiger charge is 2.32. The molecule has 1 saturated carbocycles. The van der Waals surface area contributed by atoms with Crippen LogP contribution in [0, 0.1) is 5.41 Å². The first-order valence-corrected chi connectivity index (χ1v) is 7.73. The summed E-state index contributed by atoms with van der Waals surface area (Å²) in [4.78, 5) is 26.0. The van der Waals surface area contributed by atoms with Crippen LogP contribution in [0.5, 0.6) is 0 Å². The van der Waals surface area contributed by atoms with Crippen LogP contribution in [-0.4, -0.2) is 17.4 Å². The van der Waals surface area contributed by atoms with Crippen molar-refractivity contribution in [1.29, 1.82) is 0 Å². The highest BCUT2D eigenvalue weighted by molar-refractivity contribution is 5.93. The van der Waals surface area contributed by atoms with Crippen molar-refractivity contribution in [2.75, 3.05) is 11.9 Å². The first-order chi connectivity index (χ1) is 10.6. The number of amides is 1. The summed E-state index contributed by atoms with van der Waals surface area (Å²) in [5.74, 6) is -0.527. The predicted octanol–water partition coefficient (Wildman–Crippen LogP) is 2.78. The summed E-state index contributed by atoms with van der Waals surface area (Å²) in [6.07, 6.45) is 6.01. The quantitative estimate of drug-likeness (QED) is 0.797. The molecule has 1 amide bonds. The lowest BCUT2D eigenvalue weighted by atomic mass is 9.71. The highest BCUT2D eigenvalue weighted by atomic mass is 35.5. The number of benzene rings is 1. The van der Waals surface area contributed by atoms with E-state index in [0.29, 0.717) is 29.8 Å². The van der Waals surface area contributed by atoms with Crippen LogP contribution in [0.15, 0.2) is 27.4 Å². The molecule has 4 N–H and O–H groups in total. The third-order valence-electron chi connectivity index (χ3n) is 4.59. The van der Waals surface area contributed by atoms with Crippen LogP contribution in [0.25, 0.3) is 11.1 Å². The molecule has 1 aromatic carbocycles. The normalized spacial score (nSPS) is 16.7. The zero-order valence-electron chi connectivity index (χ0n) is 12.9. The van der Waals surface area contributed by atoms with Gasteiger partial charge in [0.25, 0.3) is 0 Å². The minimum Gasteiger partial charge on any atom is -0.408 e. The Morgan fingerprint density at radius 3 is 2.74 bits per heavy atom. The van der Waals surface area contributed by atoms with Crippen LogP contribution in [0.3, 0.4) is 0 Å². The van der Waals surface area contributed by atoms with Crippen molar-refractivity contribution >= 4 is 35.1 Å². The SMILES string of the molecule is Cl.NCC1(CC(=O)Nc2ccc3oc(=O)[nH]c3c2)CCCCC1. The van der Waals surface area contributed by atoms with Crippen molar-refractivity contribution in [2.45, 2.75) is 38.5 Å². The summed E-state index contributed by atoms with van der Waals surface area (Å²) in [7, 11) is 0. The Morgan fingerprint density at radius 2 is 2.04 bits per heavy atom. The Morgan fingerprint density at radius 1 is 1.30 bits per heavy atom. The molecule has 1 aliphatic rings. The average molecular weight is 340 g/mol. The molecule has 6 nitrogen and oxygen atoms in total. The number of nitrogens with one attached hydrogen (secondary N) is 2. The van der Waals surface area contributed by atoms with Crippen LogP contribution < -0.4 is 16.8 Å². The molecule has 0 aliphatic heterocycles. The van der Waals surface area contributed by atoms with Crippen molar-refractivity contribution in [2.24, 2.45) is 11.1 Å². The molecular formula is C16H22ClN3O3. The molecule has 7 heteroatoms. The van der Waals surface area contributed by atoms with Gasteiger partial charge >= 0.3 is 5.76 Å². The van der Waals surface area contributed by atoms with Gasteiger partial charge in [-0.05, 0) is 43.0 Å². The Bertz CT molecular complexity index is 731. The number of fused-ring (bicyclic) bond motifs is 1. The van der Waals surface area contributed by atoms with Gasteiger partial charge in [0.2, 0.25) is 5.91 Å². The number of nitrogens with two attached hydrogens (primary N) is 1. The van der Waals surface area contributed by atoms with E-state index in [0.717, 1.165) is 25.7 Å². The molecule has 0 bridgehead atoms. The maximum atomic E-state index is 12.3. The van der Waals surface area contributed by atoms with Gasteiger partial charge in [0, 0.05) is 12.1 Å². The van der Waals surface area contributed by atoms with Crippen molar-refractivity contribution in [3.63, 3.8) is 0 Å². The number of aromatic nitrogens is 1. The lowest BCUT2D eigenvalue weighted by Crippen LogP contribution is -2.36. The molecule has 1 heterocycles. The number of halogens is 1. The lowest BCUT2D eigenvalue weighted by molar-refractivity contribution is -0.118. The van der Waals surface area contributed by atoms with Gasteiger partial charge in [-0.1, -0.05) is 19.3 Å². The number of aromatic amines is 1. The Labute approximate surface area is 140 Å². The number of anilines is 1. The zero-order chi connectivity index (χ0) is 15.6. The topological polar surface area (TPSA) is 101 Å². The van der Waals surface area contributed by atoms with E-state index in [-0.39, 0.29) is 23.7 Å². The highest BCUT2D eigenvalue weighted by Crippen LogP contribution is 2.38. The zero-order valence-corrected chi connectivity index (χ0v) is 13.7. The number of oxazole rings is 1. The molecule has 0 saturated heterocycles. The second-order valence-corrected chi connectivity index (χ2v) is 6.22. The molecule has 23 heavy (non-hydrogen) atoms. The molecule has 1 fully saturated rings. The average Bonchev–Trinajstić information content (AvgIpc) is 2.87. The molecule has 2 aromatic rings. The standard InChI is InChI=1S/C16H21N3O3.ClH/c17-10-16(6-2-1-3-7-16)9-14(20)18-11-4-5-13-12(8-11)19-15(21)22-13;/h4-5,8H,1-3,6-7,9-10,17H2,(H,18,20)(H,19,21);1H. The van der Waals surface area contributed by atoms with Crippen LogP contribution in [-0.2, 0) is 4.79 Å². The second kappa shape index (κ2) is 7.19. The molecular weight excluding hydrogens is 318 g/mol. The predicted molar refractivity (Wildman–Crippen MR) is 91.9 cm³/mol. The summed E-state index contributed by atoms with van der Waals surface area (Å²) in [5, 5.41) is 2.89. The Balaban J connectivity index is 0.00000192. The van der Waals surface area contributed by atoms with Crippen LogP contribution in [0.2, 0.25) is 0 Å². The van der Waals surface area contributed by atoms with E-state index >= 15 is 0 Å². The number of carbonyl (C=O) groups excluding carboxylic acids is 1. The van der Waals surface area contributed by atoms with E-state index in [4.69, 9.17) is 10.2 Å². The van der Waals surface area contributed by atoms with Crippen molar-refractivity contribution in [3.05, 3.63) is 28.7 Å². The van der Waals surface area contributed by atoms with E-state index in [9.17, 15) is 9.59 Å². The molecule has 0 atom stereocenters. The fourth-order valence-corrected chi connectivity index (χ4v) is 3.33. The molecule has 1 aromatic heterocycles. The minimum absolute atomic E-state index is 0. The van der Waals surface area contributed by atoms with E-state index in [1.54, 1.807) is 18.2 Å². The molecule has 3 rings (SSSR count). The third kappa shape index (κ3) is 3.95. The summed E-state index contributed by atoms with van der Waals surface area (Å²) in [6, 6.07) is 5.10. The van der Waals surface area contributed by atoms with E-state index < -0.39 is 5.76 Å². The van der Waals surface area contributed by atoms with Crippen LogP contribution >= 0.6 is 12.4 Å². The number of hydrogen-bond donors (Lipinski definition) is 3. The summed E-state index contributed by atoms with van der Waals surface area (Å²) < 4.78 is 4.94. The van der Waals surface area contributed by atoms with Gasteiger partial charge in [-0.15, -0.1) is 12.4 Å². The minimum atomic E-state index is -0.497. The van der Waals surface area contributed by atoms with Gasteiger partial charge in [0.1, 0.15) is 0 Å². The smallest absolute Gasteiger partial charge is 0.408 e. The van der Waals surface area contributed by atoms with Crippen molar-refractivity contribution < 1.29 is 9.21 Å². The van der Waals surface area contributed by atoms with Crippen molar-refractivity contribution in [1.82, 2.24) is 4.98 Å². The van der Waals surface area contributed by atoms with Gasteiger partial charge < -0.3 is 15.5 Å². The molecule has 1 aliphatic carbocycles. The van der Waals surface area contributed by atoms with E-state index in [2.05, 4.69) is 10.3 Å². The second-order valence-electron chi connectivity index (χ2n) is 6.22. The first-order valence-electron chi connectivity index (χ1n) is 7.73. The number of carbonyl (C=O) groups is 1. The summed E-state index contributed by atoms with van der Waals surface area (Å²) >= 11 is 0. The molecule has 126 valence electrons. The largest absolute Gasteiger partial charge is 0.417 e. The van der Waals surface area contributed by atoms with Gasteiger partial charge in [-0.2, -0.15) is 0 Å². The maximum absolute atomic E-state index is 12.3. The fourth-order valence-electron chi connectivity index (χ4n) is 3.33. The van der Waals surface area contributed by atoms with Gasteiger partial charge in [-0.25, -0.2) is 4.79 Å². The molecule has 0 radical (unpaired) electrons. The van der Waals surface area contributed by atoms with Gasteiger partial charge in [0.05, 0.1) is 5.52 Å². The Hall–Kier alpha value is -1.79. The van der Waals surface area contributed by atoms with E-state index in [1.807, 2.05) is 0 Å². The molecule has 0 spiro atoms. The fraction of sp³-hybridized carbons (Fsp3) is 0.500. The summed E-state index contributed by atoms with van der Waals surface area (Å²) in [5.41, 5.74) is 7.57. The monoisotopic (exact) mass is 339 g/mol. The number of hydrogen-bond acceptors (Lipinski definition) is 4. The lowest BCUT2D eigenvalue weighted by Gasteiger charge is -2.35. The third-order valence-corrected chi connectivity index (χ3v) is 4.59. The van der Waals surface area contributed by atoms with Gasteiger partial charge in [0.15, 0.2) is 5.58 Å². The molecule has 0 unspecified atom stereocenters. The summed E-state index contributed by atoms with van der Waals surface area (Å²) in [6.45, 7) is 0.550. The van der Waals surface area contributed by atoms with E-state index in [1.165, 1.54) is 6.42 Å². The van der Waals surface area contributed by atoms with Crippen molar-refractivity contribution in [3.8, 4) is 0 Å². The Kier molecular flexibility index (Phi) is 5.49. The first kappa shape index (κ1) is 17.6. The van der Waals surface area contributed by atoms with Crippen LogP contribution in [0.1, 0.15) is 38.5 Å². The van der Waals surface area contributed by atoms with Gasteiger partial charge in [-0.3, -0.25) is 9.78 Å². The number of H-pyrrole nitrogens is 1. The maximum Gasteiger partial charge on any atom is 0.417 e.